The molecule has 1 fully saturated rings. The summed E-state index contributed by atoms with van der Waals surface area (Å²) in [6.07, 6.45) is 3.13. The summed E-state index contributed by atoms with van der Waals surface area (Å²) in [5, 5.41) is 10.1. The highest BCUT2D eigenvalue weighted by atomic mass is 32.2. The van der Waals surface area contributed by atoms with Crippen LogP contribution < -0.4 is 0 Å². The van der Waals surface area contributed by atoms with Gasteiger partial charge in [0.1, 0.15) is 0 Å². The predicted molar refractivity (Wildman–Crippen MR) is 153 cm³/mol. The number of hydrogen-bond donors (Lipinski definition) is 1. The number of aromatic nitrogens is 2. The van der Waals surface area contributed by atoms with Crippen molar-refractivity contribution < 1.29 is 13.5 Å². The first kappa shape index (κ1) is 26.6. The van der Waals surface area contributed by atoms with Gasteiger partial charge in [-0.2, -0.15) is 0 Å². The van der Waals surface area contributed by atoms with Gasteiger partial charge in [0.25, 0.3) is 0 Å². The minimum Gasteiger partial charge on any atom is -0.389 e. The summed E-state index contributed by atoms with van der Waals surface area (Å²) < 4.78 is 25.7. The molecule has 0 bridgehead atoms. The molecule has 0 atom stereocenters. The van der Waals surface area contributed by atoms with Crippen molar-refractivity contribution in [1.29, 1.82) is 0 Å². The molecule has 1 N–H and O–H groups in total. The lowest BCUT2D eigenvalue weighted by atomic mass is 10.0. The first-order valence-electron chi connectivity index (χ1n) is 13.0. The van der Waals surface area contributed by atoms with Crippen LogP contribution in [0.5, 0.6) is 0 Å². The SMILES string of the molecule is Cn1c(-c2ccc(S(C)(=O)=O)cc2)cc2ncc(-c3ccc(CN4CCN(CC(C)(C)O)CC4)cc3)cc21. The fraction of sp³-hybridized carbons (Fsp3) is 0.367. The van der Waals surface area contributed by atoms with E-state index in [9.17, 15) is 13.5 Å². The van der Waals surface area contributed by atoms with Crippen LogP contribution in [0.25, 0.3) is 33.4 Å². The van der Waals surface area contributed by atoms with Gasteiger partial charge >= 0.3 is 0 Å². The van der Waals surface area contributed by atoms with Crippen LogP contribution in [-0.4, -0.2) is 77.5 Å². The van der Waals surface area contributed by atoms with Crippen LogP contribution in [0.4, 0.5) is 0 Å². The Kier molecular flexibility index (Phi) is 7.17. The number of aliphatic hydroxyl groups is 1. The molecule has 2 aromatic heterocycles. The Bertz CT molecular complexity index is 1530. The van der Waals surface area contributed by atoms with Crippen molar-refractivity contribution in [3.8, 4) is 22.4 Å². The summed E-state index contributed by atoms with van der Waals surface area (Å²) in [7, 11) is -1.21. The standard InChI is InChI=1S/C30H36N4O3S/c1-30(2,35)21-34-15-13-33(14-16-34)20-22-5-7-23(8-6-22)25-17-29-27(31-19-25)18-28(32(29)3)24-9-11-26(12-10-24)38(4,36)37/h5-12,17-19,35H,13-16,20-21H2,1-4H3. The number of pyridine rings is 1. The van der Waals surface area contributed by atoms with Gasteiger partial charge in [-0.05, 0) is 54.8 Å². The highest BCUT2D eigenvalue weighted by Gasteiger charge is 2.22. The molecule has 0 spiro atoms. The van der Waals surface area contributed by atoms with Crippen LogP contribution in [0.15, 0.2) is 71.8 Å². The second-order valence-corrected chi connectivity index (χ2v) is 13.1. The monoisotopic (exact) mass is 532 g/mol. The Balaban J connectivity index is 1.29. The summed E-state index contributed by atoms with van der Waals surface area (Å²) >= 11 is 0. The zero-order chi connectivity index (χ0) is 27.1. The number of piperazine rings is 1. The number of hydrogen-bond acceptors (Lipinski definition) is 6. The molecule has 1 saturated heterocycles. The van der Waals surface area contributed by atoms with E-state index < -0.39 is 15.4 Å². The Morgan fingerprint density at radius 1 is 0.868 bits per heavy atom. The van der Waals surface area contributed by atoms with Crippen molar-refractivity contribution in [2.75, 3.05) is 39.0 Å². The molecular formula is C30H36N4O3S. The number of fused-ring (bicyclic) bond motifs is 1. The van der Waals surface area contributed by atoms with Gasteiger partial charge in [-0.3, -0.25) is 14.8 Å². The average Bonchev–Trinajstić information content (AvgIpc) is 3.20. The molecular weight excluding hydrogens is 496 g/mol. The number of rotatable bonds is 7. The minimum absolute atomic E-state index is 0.317. The minimum atomic E-state index is -3.22. The van der Waals surface area contributed by atoms with E-state index in [1.807, 2.05) is 45.3 Å². The summed E-state index contributed by atoms with van der Waals surface area (Å²) in [5.74, 6) is 0. The van der Waals surface area contributed by atoms with Gasteiger partial charge in [-0.25, -0.2) is 8.42 Å². The summed E-state index contributed by atoms with van der Waals surface area (Å²) in [4.78, 5) is 9.84. The van der Waals surface area contributed by atoms with Crippen molar-refractivity contribution in [3.05, 3.63) is 72.4 Å². The maximum absolute atomic E-state index is 11.8. The number of β-amino-alcohol motifs (C(OH)–C–C–N with tert-alkyl or cyclic N) is 1. The molecule has 5 rings (SSSR count). The third-order valence-electron chi connectivity index (χ3n) is 7.24. The van der Waals surface area contributed by atoms with Gasteiger partial charge in [0.15, 0.2) is 9.84 Å². The summed E-state index contributed by atoms with van der Waals surface area (Å²) in [6.45, 7) is 9.34. The lowest BCUT2D eigenvalue weighted by molar-refractivity contribution is 0.0167. The molecule has 0 unspecified atom stereocenters. The van der Waals surface area contributed by atoms with Gasteiger partial charge in [-0.1, -0.05) is 36.4 Å². The molecule has 0 radical (unpaired) electrons. The maximum Gasteiger partial charge on any atom is 0.175 e. The highest BCUT2D eigenvalue weighted by molar-refractivity contribution is 7.90. The van der Waals surface area contributed by atoms with Crippen LogP contribution in [-0.2, 0) is 23.4 Å². The number of sulfone groups is 1. The third kappa shape index (κ3) is 5.99. The zero-order valence-corrected chi connectivity index (χ0v) is 23.4. The Hall–Kier alpha value is -3.04. The van der Waals surface area contributed by atoms with E-state index in [1.54, 1.807) is 12.1 Å². The van der Waals surface area contributed by atoms with Crippen molar-refractivity contribution in [1.82, 2.24) is 19.4 Å². The molecule has 0 amide bonds. The molecule has 1 aliphatic rings. The van der Waals surface area contributed by atoms with E-state index in [-0.39, 0.29) is 0 Å². The molecule has 200 valence electrons. The van der Waals surface area contributed by atoms with E-state index in [1.165, 1.54) is 11.8 Å². The van der Waals surface area contributed by atoms with Gasteiger partial charge in [0.2, 0.25) is 0 Å². The molecule has 7 nitrogen and oxygen atoms in total. The highest BCUT2D eigenvalue weighted by Crippen LogP contribution is 2.30. The zero-order valence-electron chi connectivity index (χ0n) is 22.6. The largest absolute Gasteiger partial charge is 0.389 e. The summed E-state index contributed by atoms with van der Waals surface area (Å²) in [6, 6.07) is 19.9. The van der Waals surface area contributed by atoms with E-state index in [2.05, 4.69) is 44.7 Å². The molecule has 3 heterocycles. The fourth-order valence-electron chi connectivity index (χ4n) is 5.22. The van der Waals surface area contributed by atoms with Crippen LogP contribution in [0.1, 0.15) is 19.4 Å². The first-order chi connectivity index (χ1) is 18.0. The number of aryl methyl sites for hydroxylation is 1. The Morgan fingerprint density at radius 3 is 2.08 bits per heavy atom. The second-order valence-electron chi connectivity index (χ2n) is 11.1. The van der Waals surface area contributed by atoms with Gasteiger partial charge in [0, 0.05) is 64.3 Å². The van der Waals surface area contributed by atoms with Crippen LogP contribution >= 0.6 is 0 Å². The topological polar surface area (TPSA) is 78.7 Å². The Morgan fingerprint density at radius 2 is 1.47 bits per heavy atom. The molecule has 2 aromatic carbocycles. The third-order valence-corrected chi connectivity index (χ3v) is 8.37. The molecule has 0 aliphatic carbocycles. The molecule has 8 heteroatoms. The smallest absolute Gasteiger partial charge is 0.175 e. The van der Waals surface area contributed by atoms with Crippen molar-refractivity contribution >= 4 is 20.9 Å². The van der Waals surface area contributed by atoms with Crippen molar-refractivity contribution in [3.63, 3.8) is 0 Å². The predicted octanol–water partition coefficient (Wildman–Crippen LogP) is 4.20. The normalized spacial score (nSPS) is 15.8. The van der Waals surface area contributed by atoms with Gasteiger partial charge in [-0.15, -0.1) is 0 Å². The summed E-state index contributed by atoms with van der Waals surface area (Å²) in [5.41, 5.74) is 6.69. The maximum atomic E-state index is 11.8. The number of nitrogens with zero attached hydrogens (tertiary/aromatic N) is 4. The van der Waals surface area contributed by atoms with Crippen molar-refractivity contribution in [2.24, 2.45) is 7.05 Å². The van der Waals surface area contributed by atoms with Crippen LogP contribution in [0.3, 0.4) is 0 Å². The van der Waals surface area contributed by atoms with Gasteiger partial charge in [0.05, 0.1) is 27.2 Å². The van der Waals surface area contributed by atoms with Crippen molar-refractivity contribution in [2.45, 2.75) is 30.9 Å². The van der Waals surface area contributed by atoms with Crippen LogP contribution in [0.2, 0.25) is 0 Å². The van der Waals surface area contributed by atoms with E-state index in [4.69, 9.17) is 4.98 Å². The lowest BCUT2D eigenvalue weighted by Gasteiger charge is -2.37. The Labute approximate surface area is 225 Å². The van der Waals surface area contributed by atoms with E-state index in [0.717, 1.165) is 66.1 Å². The average molecular weight is 533 g/mol. The molecule has 0 saturated carbocycles. The quantitative estimate of drug-likeness (QED) is 0.384. The van der Waals surface area contributed by atoms with E-state index >= 15 is 0 Å². The second kappa shape index (κ2) is 10.3. The number of benzene rings is 2. The van der Waals surface area contributed by atoms with Crippen LogP contribution in [0, 0.1) is 0 Å². The molecule has 38 heavy (non-hydrogen) atoms. The molecule has 4 aromatic rings. The lowest BCUT2D eigenvalue weighted by Crippen LogP contribution is -2.50. The fourth-order valence-corrected chi connectivity index (χ4v) is 5.85. The van der Waals surface area contributed by atoms with E-state index in [0.29, 0.717) is 11.4 Å². The first-order valence-corrected chi connectivity index (χ1v) is 14.9. The molecule has 1 aliphatic heterocycles. The van der Waals surface area contributed by atoms with Gasteiger partial charge < -0.3 is 9.67 Å².